The van der Waals surface area contributed by atoms with Crippen LogP contribution in [0.4, 0.5) is 0 Å². The van der Waals surface area contributed by atoms with Crippen LogP contribution in [0, 0.1) is 27.7 Å². The van der Waals surface area contributed by atoms with Gasteiger partial charge in [0.25, 0.3) is 5.91 Å². The number of thiazole rings is 1. The molecule has 37 heavy (non-hydrogen) atoms. The van der Waals surface area contributed by atoms with Gasteiger partial charge < -0.3 is 9.64 Å². The van der Waals surface area contributed by atoms with Crippen LogP contribution in [0.15, 0.2) is 77.8 Å². The van der Waals surface area contributed by atoms with Gasteiger partial charge in [-0.1, -0.05) is 82.1 Å². The maximum Gasteiger partial charge on any atom is 0.338 e. The predicted molar refractivity (Wildman–Crippen MR) is 146 cm³/mol. The van der Waals surface area contributed by atoms with Gasteiger partial charge in [0.2, 0.25) is 12.1 Å². The van der Waals surface area contributed by atoms with Crippen molar-refractivity contribution in [1.29, 1.82) is 0 Å². The van der Waals surface area contributed by atoms with E-state index in [9.17, 15) is 9.59 Å². The van der Waals surface area contributed by atoms with Crippen molar-refractivity contribution < 1.29 is 18.9 Å². The Bertz CT molecular complexity index is 1340. The molecule has 5 nitrogen and oxygen atoms in total. The average Bonchev–Trinajstić information content (AvgIpc) is 3.35. The molecule has 0 atom stereocenters. The van der Waals surface area contributed by atoms with E-state index in [4.69, 9.17) is 4.74 Å². The van der Waals surface area contributed by atoms with Crippen LogP contribution in [0.5, 0.6) is 0 Å². The second kappa shape index (κ2) is 12.0. The molecule has 0 saturated carbocycles. The predicted octanol–water partition coefficient (Wildman–Crippen LogP) is 5.86. The Kier molecular flexibility index (Phi) is 8.51. The zero-order valence-corrected chi connectivity index (χ0v) is 22.7. The summed E-state index contributed by atoms with van der Waals surface area (Å²) in [5, 5.41) is 1.97. The quantitative estimate of drug-likeness (QED) is 0.208. The number of esters is 1. The highest BCUT2D eigenvalue weighted by atomic mass is 32.1. The van der Waals surface area contributed by atoms with Crippen molar-refractivity contribution in [2.24, 2.45) is 0 Å². The molecule has 1 aromatic heterocycles. The van der Waals surface area contributed by atoms with E-state index in [0.717, 1.165) is 27.8 Å². The normalized spacial score (nSPS) is 10.8. The molecule has 3 aromatic carbocycles. The van der Waals surface area contributed by atoms with Gasteiger partial charge in [-0.05, 0) is 56.5 Å². The smallest absolute Gasteiger partial charge is 0.338 e. The molecule has 0 unspecified atom stereocenters. The SMILES string of the molecule is Cc1cc(C)cc(CN(Cc2ccc(COC(=O)c3cc(C)cc(C)c3)cc2)C(=O)C[n+]2ccsc2)c1. The summed E-state index contributed by atoms with van der Waals surface area (Å²) in [6.07, 6.45) is 1.92. The highest BCUT2D eigenvalue weighted by Crippen LogP contribution is 2.16. The first kappa shape index (κ1) is 26.3. The van der Waals surface area contributed by atoms with E-state index in [2.05, 4.69) is 32.0 Å². The fraction of sp³-hybridized carbons (Fsp3) is 0.258. The van der Waals surface area contributed by atoms with Gasteiger partial charge in [0.15, 0.2) is 6.20 Å². The molecular formula is C31H33N2O3S+. The minimum atomic E-state index is -0.327. The lowest BCUT2D eigenvalue weighted by atomic mass is 10.1. The lowest BCUT2D eigenvalue weighted by Crippen LogP contribution is -2.42. The van der Waals surface area contributed by atoms with Crippen LogP contribution in [0.3, 0.4) is 0 Å². The molecule has 1 heterocycles. The summed E-state index contributed by atoms with van der Waals surface area (Å²) in [7, 11) is 0. The van der Waals surface area contributed by atoms with Gasteiger partial charge in [0, 0.05) is 13.1 Å². The maximum atomic E-state index is 13.3. The summed E-state index contributed by atoms with van der Waals surface area (Å²) in [6, 6.07) is 20.0. The Balaban J connectivity index is 1.43. The molecule has 6 heteroatoms. The first-order valence-electron chi connectivity index (χ1n) is 12.3. The number of aryl methyl sites for hydroxylation is 4. The van der Waals surface area contributed by atoms with Crippen LogP contribution < -0.4 is 4.57 Å². The number of benzene rings is 3. The van der Waals surface area contributed by atoms with Crippen molar-refractivity contribution in [3.8, 4) is 0 Å². The lowest BCUT2D eigenvalue weighted by molar-refractivity contribution is -0.680. The van der Waals surface area contributed by atoms with Gasteiger partial charge >= 0.3 is 5.97 Å². The molecule has 1 amide bonds. The van der Waals surface area contributed by atoms with Gasteiger partial charge in [0.1, 0.15) is 6.61 Å². The third kappa shape index (κ3) is 7.61. The summed E-state index contributed by atoms with van der Waals surface area (Å²) in [5.41, 5.74) is 10.0. The number of ether oxygens (including phenoxy) is 1. The Morgan fingerprint density at radius 3 is 1.95 bits per heavy atom. The molecule has 0 saturated heterocycles. The van der Waals surface area contributed by atoms with E-state index in [0.29, 0.717) is 25.2 Å². The third-order valence-electron chi connectivity index (χ3n) is 6.08. The number of aromatic nitrogens is 1. The number of rotatable bonds is 9. The van der Waals surface area contributed by atoms with E-state index < -0.39 is 0 Å². The summed E-state index contributed by atoms with van der Waals surface area (Å²) >= 11 is 1.57. The number of hydrogen-bond donors (Lipinski definition) is 0. The van der Waals surface area contributed by atoms with Crippen molar-refractivity contribution in [1.82, 2.24) is 4.90 Å². The van der Waals surface area contributed by atoms with Gasteiger partial charge in [0.05, 0.1) is 10.9 Å². The number of nitrogens with zero attached hydrogens (tertiary/aromatic N) is 2. The summed E-state index contributed by atoms with van der Waals surface area (Å²) in [6.45, 7) is 9.64. The molecule has 0 aliphatic rings. The Morgan fingerprint density at radius 1 is 0.784 bits per heavy atom. The molecule has 4 rings (SSSR count). The number of carbonyl (C=O) groups excluding carboxylic acids is 2. The summed E-state index contributed by atoms with van der Waals surface area (Å²) < 4.78 is 7.45. The standard InChI is InChI=1S/C31H33N2O3S/c1-22-11-23(2)14-28(13-22)18-33(30(34)19-32-9-10-37-21-32)17-26-5-7-27(8-6-26)20-36-31(35)29-15-24(3)12-25(4)16-29/h5-16,21H,17-20H2,1-4H3/q+1. The number of amides is 1. The molecule has 4 aromatic rings. The second-order valence-electron chi connectivity index (χ2n) is 9.71. The Hall–Kier alpha value is -3.77. The maximum absolute atomic E-state index is 13.3. The zero-order chi connectivity index (χ0) is 26.4. The highest BCUT2D eigenvalue weighted by molar-refractivity contribution is 7.07. The van der Waals surface area contributed by atoms with Crippen molar-refractivity contribution in [3.05, 3.63) is 122 Å². The Morgan fingerprint density at radius 2 is 1.35 bits per heavy atom. The molecule has 0 spiro atoms. The monoisotopic (exact) mass is 513 g/mol. The minimum Gasteiger partial charge on any atom is -0.457 e. The van der Waals surface area contributed by atoms with Gasteiger partial charge in [-0.3, -0.25) is 4.79 Å². The molecule has 0 fully saturated rings. The highest BCUT2D eigenvalue weighted by Gasteiger charge is 2.20. The van der Waals surface area contributed by atoms with Crippen LogP contribution in [-0.2, 0) is 35.8 Å². The fourth-order valence-electron chi connectivity index (χ4n) is 4.51. The van der Waals surface area contributed by atoms with E-state index in [1.165, 1.54) is 11.1 Å². The van der Waals surface area contributed by atoms with Gasteiger partial charge in [-0.2, -0.15) is 4.57 Å². The summed E-state index contributed by atoms with van der Waals surface area (Å²) in [4.78, 5) is 27.7. The molecule has 0 bridgehead atoms. The minimum absolute atomic E-state index is 0.0639. The first-order chi connectivity index (χ1) is 17.7. The zero-order valence-electron chi connectivity index (χ0n) is 21.9. The molecule has 0 aliphatic heterocycles. The second-order valence-corrected chi connectivity index (χ2v) is 10.5. The lowest BCUT2D eigenvalue weighted by Gasteiger charge is -2.22. The van der Waals surface area contributed by atoms with Crippen molar-refractivity contribution in [2.45, 2.75) is 53.9 Å². The third-order valence-corrected chi connectivity index (χ3v) is 6.75. The van der Waals surface area contributed by atoms with E-state index >= 15 is 0 Å². The number of carbonyl (C=O) groups is 2. The van der Waals surface area contributed by atoms with Crippen LogP contribution in [0.25, 0.3) is 0 Å². The fourth-order valence-corrected chi connectivity index (χ4v) is 5.10. The van der Waals surface area contributed by atoms with Crippen molar-refractivity contribution in [2.75, 3.05) is 0 Å². The molecular weight excluding hydrogens is 480 g/mol. The molecule has 0 radical (unpaired) electrons. The molecule has 190 valence electrons. The van der Waals surface area contributed by atoms with E-state index in [-0.39, 0.29) is 18.5 Å². The van der Waals surface area contributed by atoms with Crippen LogP contribution in [-0.4, -0.2) is 16.8 Å². The Labute approximate surface area is 223 Å². The van der Waals surface area contributed by atoms with Crippen LogP contribution >= 0.6 is 11.3 Å². The van der Waals surface area contributed by atoms with Crippen LogP contribution in [0.2, 0.25) is 0 Å². The largest absolute Gasteiger partial charge is 0.457 e. The van der Waals surface area contributed by atoms with Gasteiger partial charge in [-0.25, -0.2) is 4.79 Å². The molecule has 0 N–H and O–H groups in total. The number of hydrogen-bond acceptors (Lipinski definition) is 4. The van der Waals surface area contributed by atoms with Gasteiger partial charge in [-0.15, -0.1) is 0 Å². The molecule has 0 aliphatic carbocycles. The van der Waals surface area contributed by atoms with Crippen molar-refractivity contribution in [3.63, 3.8) is 0 Å². The van der Waals surface area contributed by atoms with Crippen molar-refractivity contribution >= 4 is 23.2 Å². The topological polar surface area (TPSA) is 50.5 Å². The van der Waals surface area contributed by atoms with Crippen LogP contribution in [0.1, 0.15) is 49.3 Å². The first-order valence-corrected chi connectivity index (χ1v) is 13.3. The average molecular weight is 514 g/mol. The van der Waals surface area contributed by atoms with E-state index in [1.54, 1.807) is 11.3 Å². The summed E-state index contributed by atoms with van der Waals surface area (Å²) in [5.74, 6) is -0.263. The van der Waals surface area contributed by atoms with E-state index in [1.807, 2.05) is 82.9 Å².